The summed E-state index contributed by atoms with van der Waals surface area (Å²) in [6, 6.07) is 4.34. The molecule has 0 aromatic carbocycles. The van der Waals surface area contributed by atoms with Gasteiger partial charge < -0.3 is 15.4 Å². The Morgan fingerprint density at radius 1 is 1.26 bits per heavy atom. The molecule has 1 heterocycles. The maximum atomic E-state index is 5.01. The fourth-order valence-electron chi connectivity index (χ4n) is 1.47. The van der Waals surface area contributed by atoms with E-state index in [0.717, 1.165) is 32.0 Å². The lowest BCUT2D eigenvalue weighted by Gasteiger charge is -2.10. The average Bonchev–Trinajstić information content (AvgIpc) is 2.84. The first kappa shape index (κ1) is 18.7. The monoisotopic (exact) mass is 397 g/mol. The third kappa shape index (κ3) is 7.74. The summed E-state index contributed by atoms with van der Waals surface area (Å²) in [4.78, 5) is 7.27. The van der Waals surface area contributed by atoms with Crippen molar-refractivity contribution in [2.45, 2.75) is 26.8 Å². The third-order valence-electron chi connectivity index (χ3n) is 2.40. The van der Waals surface area contributed by atoms with Crippen LogP contribution in [0.15, 0.2) is 17.1 Å². The van der Waals surface area contributed by atoms with Crippen LogP contribution >= 0.6 is 35.3 Å². The molecule has 4 nitrogen and oxygen atoms in total. The first-order valence-electron chi connectivity index (χ1n) is 6.38. The summed E-state index contributed by atoms with van der Waals surface area (Å²) in [5, 5.41) is 6.45. The van der Waals surface area contributed by atoms with Crippen molar-refractivity contribution < 1.29 is 4.74 Å². The number of hydrogen-bond donors (Lipinski definition) is 2. The van der Waals surface area contributed by atoms with Gasteiger partial charge in [-0.15, -0.1) is 35.3 Å². The van der Waals surface area contributed by atoms with Gasteiger partial charge in [-0.25, -0.2) is 4.99 Å². The Morgan fingerprint density at radius 3 is 2.58 bits per heavy atom. The first-order valence-corrected chi connectivity index (χ1v) is 7.20. The lowest BCUT2D eigenvalue weighted by atomic mass is 10.4. The Labute approximate surface area is 137 Å². The molecule has 2 N–H and O–H groups in total. The van der Waals surface area contributed by atoms with Crippen molar-refractivity contribution >= 4 is 41.3 Å². The van der Waals surface area contributed by atoms with Gasteiger partial charge in [0.15, 0.2) is 5.96 Å². The predicted octanol–water partition coefficient (Wildman–Crippen LogP) is 2.63. The SMILES string of the molecule is CCNC(=NCc1ccc(CC)s1)NCCOC.I. The Kier molecular flexibility index (Phi) is 11.3. The highest BCUT2D eigenvalue weighted by atomic mass is 127. The minimum Gasteiger partial charge on any atom is -0.383 e. The van der Waals surface area contributed by atoms with Gasteiger partial charge in [0.2, 0.25) is 0 Å². The highest BCUT2D eigenvalue weighted by Gasteiger charge is 1.99. The smallest absolute Gasteiger partial charge is 0.191 e. The van der Waals surface area contributed by atoms with Gasteiger partial charge in [0.25, 0.3) is 0 Å². The van der Waals surface area contributed by atoms with Gasteiger partial charge in [0.1, 0.15) is 0 Å². The molecule has 0 aliphatic carbocycles. The van der Waals surface area contributed by atoms with Crippen molar-refractivity contribution in [2.24, 2.45) is 4.99 Å². The Balaban J connectivity index is 0.00000324. The molecule has 0 aliphatic heterocycles. The molecule has 0 spiro atoms. The number of nitrogens with zero attached hydrogens (tertiary/aromatic N) is 1. The number of aliphatic imine (C=N–C) groups is 1. The molecular weight excluding hydrogens is 373 g/mol. The van der Waals surface area contributed by atoms with E-state index in [-0.39, 0.29) is 24.0 Å². The molecule has 6 heteroatoms. The van der Waals surface area contributed by atoms with Crippen molar-refractivity contribution in [3.8, 4) is 0 Å². The van der Waals surface area contributed by atoms with Crippen LogP contribution in [0.25, 0.3) is 0 Å². The van der Waals surface area contributed by atoms with Crippen LogP contribution in [0.1, 0.15) is 23.6 Å². The lowest BCUT2D eigenvalue weighted by molar-refractivity contribution is 0.203. The van der Waals surface area contributed by atoms with E-state index in [1.165, 1.54) is 9.75 Å². The normalized spacial score (nSPS) is 11.0. The van der Waals surface area contributed by atoms with Crippen LogP contribution in [-0.2, 0) is 17.7 Å². The van der Waals surface area contributed by atoms with E-state index in [9.17, 15) is 0 Å². The topological polar surface area (TPSA) is 45.7 Å². The Morgan fingerprint density at radius 2 is 2.00 bits per heavy atom. The second kappa shape index (κ2) is 11.5. The highest BCUT2D eigenvalue weighted by Crippen LogP contribution is 2.17. The first-order chi connectivity index (χ1) is 8.80. The fourth-order valence-corrected chi connectivity index (χ4v) is 2.35. The van der Waals surface area contributed by atoms with Crippen molar-refractivity contribution in [1.82, 2.24) is 10.6 Å². The number of nitrogens with one attached hydrogen (secondary N) is 2. The van der Waals surface area contributed by atoms with Crippen LogP contribution in [0.2, 0.25) is 0 Å². The van der Waals surface area contributed by atoms with E-state index < -0.39 is 0 Å². The largest absolute Gasteiger partial charge is 0.383 e. The van der Waals surface area contributed by atoms with Gasteiger partial charge in [-0.2, -0.15) is 0 Å². The predicted molar refractivity (Wildman–Crippen MR) is 93.8 cm³/mol. The third-order valence-corrected chi connectivity index (χ3v) is 3.62. The van der Waals surface area contributed by atoms with E-state index >= 15 is 0 Å². The maximum Gasteiger partial charge on any atom is 0.191 e. The number of methoxy groups -OCH3 is 1. The van der Waals surface area contributed by atoms with E-state index in [4.69, 9.17) is 4.74 Å². The molecule has 1 aromatic rings. The Bertz CT molecular complexity index is 369. The minimum atomic E-state index is 0. The van der Waals surface area contributed by atoms with Crippen molar-refractivity contribution in [2.75, 3.05) is 26.8 Å². The van der Waals surface area contributed by atoms with Gasteiger partial charge in [-0.1, -0.05) is 6.92 Å². The zero-order valence-corrected chi connectivity index (χ0v) is 15.0. The molecule has 0 unspecified atom stereocenters. The molecule has 0 radical (unpaired) electrons. The molecule has 19 heavy (non-hydrogen) atoms. The molecule has 0 atom stereocenters. The number of aryl methyl sites for hydroxylation is 1. The molecule has 1 rings (SSSR count). The molecule has 0 saturated heterocycles. The van der Waals surface area contributed by atoms with Crippen molar-refractivity contribution in [1.29, 1.82) is 0 Å². The number of hydrogen-bond acceptors (Lipinski definition) is 3. The molecular formula is C13H24IN3OS. The van der Waals surface area contributed by atoms with Crippen LogP contribution < -0.4 is 10.6 Å². The van der Waals surface area contributed by atoms with Crippen LogP contribution in [0.5, 0.6) is 0 Å². The number of thiophene rings is 1. The lowest BCUT2D eigenvalue weighted by Crippen LogP contribution is -2.38. The van der Waals surface area contributed by atoms with E-state index in [1.54, 1.807) is 7.11 Å². The standard InChI is InChI=1S/C13H23N3OS.HI/c1-4-11-6-7-12(18-11)10-16-13(14-5-2)15-8-9-17-3;/h6-7H,4-5,8-10H2,1-3H3,(H2,14,15,16);1H. The summed E-state index contributed by atoms with van der Waals surface area (Å²) >= 11 is 1.83. The summed E-state index contributed by atoms with van der Waals surface area (Å²) in [6.07, 6.45) is 1.10. The van der Waals surface area contributed by atoms with Gasteiger partial charge in [-0.05, 0) is 25.5 Å². The second-order valence-electron chi connectivity index (χ2n) is 3.84. The zero-order valence-electron chi connectivity index (χ0n) is 11.9. The second-order valence-corrected chi connectivity index (χ2v) is 5.09. The quantitative estimate of drug-likeness (QED) is 0.322. The number of halogens is 1. The highest BCUT2D eigenvalue weighted by molar-refractivity contribution is 14.0. The summed E-state index contributed by atoms with van der Waals surface area (Å²) in [5.74, 6) is 0.848. The van der Waals surface area contributed by atoms with E-state index in [2.05, 4.69) is 41.6 Å². The molecule has 0 aliphatic rings. The molecule has 110 valence electrons. The van der Waals surface area contributed by atoms with Gasteiger partial charge >= 0.3 is 0 Å². The summed E-state index contributed by atoms with van der Waals surface area (Å²) < 4.78 is 5.01. The molecule has 0 fully saturated rings. The van der Waals surface area contributed by atoms with Crippen LogP contribution in [0, 0.1) is 0 Å². The fraction of sp³-hybridized carbons (Fsp3) is 0.615. The minimum absolute atomic E-state index is 0. The van der Waals surface area contributed by atoms with Crippen LogP contribution in [-0.4, -0.2) is 32.8 Å². The molecule has 1 aromatic heterocycles. The van der Waals surface area contributed by atoms with Gasteiger partial charge in [0, 0.05) is 30.0 Å². The number of guanidine groups is 1. The average molecular weight is 397 g/mol. The summed E-state index contributed by atoms with van der Waals surface area (Å²) in [7, 11) is 1.70. The molecule has 0 saturated carbocycles. The Hall–Kier alpha value is -0.340. The van der Waals surface area contributed by atoms with Crippen molar-refractivity contribution in [3.63, 3.8) is 0 Å². The molecule has 0 amide bonds. The van der Waals surface area contributed by atoms with E-state index in [1.807, 2.05) is 11.3 Å². The summed E-state index contributed by atoms with van der Waals surface area (Å²) in [6.45, 7) is 7.29. The zero-order chi connectivity index (χ0) is 13.2. The van der Waals surface area contributed by atoms with Gasteiger partial charge in [0.05, 0.1) is 13.2 Å². The van der Waals surface area contributed by atoms with Crippen LogP contribution in [0.3, 0.4) is 0 Å². The summed E-state index contributed by atoms with van der Waals surface area (Å²) in [5.41, 5.74) is 0. The van der Waals surface area contributed by atoms with E-state index in [0.29, 0.717) is 6.61 Å². The van der Waals surface area contributed by atoms with Crippen LogP contribution in [0.4, 0.5) is 0 Å². The molecule has 0 bridgehead atoms. The maximum absolute atomic E-state index is 5.01. The van der Waals surface area contributed by atoms with Gasteiger partial charge in [-0.3, -0.25) is 0 Å². The van der Waals surface area contributed by atoms with Crippen molar-refractivity contribution in [3.05, 3.63) is 21.9 Å². The number of rotatable bonds is 7. The number of ether oxygens (including phenoxy) is 1.